The highest BCUT2D eigenvalue weighted by atomic mass is 79.9. The molecule has 102 valence electrons. The van der Waals surface area contributed by atoms with Gasteiger partial charge in [-0.25, -0.2) is 0 Å². The molecule has 19 heavy (non-hydrogen) atoms. The summed E-state index contributed by atoms with van der Waals surface area (Å²) in [5.74, 6) is 0.752. The van der Waals surface area contributed by atoms with Crippen molar-refractivity contribution < 1.29 is 4.74 Å². The number of thiophene rings is 1. The minimum absolute atomic E-state index is 0.607. The molecule has 2 aromatic rings. The van der Waals surface area contributed by atoms with Crippen LogP contribution in [0.25, 0.3) is 0 Å². The number of hydrogen-bond donors (Lipinski definition) is 1. The fourth-order valence-electron chi connectivity index (χ4n) is 1.61. The van der Waals surface area contributed by atoms with Crippen LogP contribution in [0.3, 0.4) is 0 Å². The predicted octanol–water partition coefficient (Wildman–Crippen LogP) is 4.64. The van der Waals surface area contributed by atoms with Gasteiger partial charge in [0.25, 0.3) is 0 Å². The Balaban J connectivity index is 1.70. The molecule has 0 radical (unpaired) electrons. The van der Waals surface area contributed by atoms with Crippen LogP contribution in [0.2, 0.25) is 5.02 Å². The van der Waals surface area contributed by atoms with Gasteiger partial charge in [0.2, 0.25) is 0 Å². The summed E-state index contributed by atoms with van der Waals surface area (Å²) >= 11 is 11.2. The van der Waals surface area contributed by atoms with Gasteiger partial charge in [-0.2, -0.15) is 0 Å². The molecule has 0 aliphatic heterocycles. The Morgan fingerprint density at radius 3 is 2.95 bits per heavy atom. The van der Waals surface area contributed by atoms with E-state index in [-0.39, 0.29) is 0 Å². The molecule has 1 aromatic carbocycles. The van der Waals surface area contributed by atoms with Crippen molar-refractivity contribution in [3.63, 3.8) is 0 Å². The number of hydrogen-bond acceptors (Lipinski definition) is 3. The summed E-state index contributed by atoms with van der Waals surface area (Å²) < 4.78 is 6.80. The fourth-order valence-corrected chi connectivity index (χ4v) is 3.21. The number of aryl methyl sites for hydroxylation is 1. The average molecular weight is 361 g/mol. The van der Waals surface area contributed by atoms with Crippen molar-refractivity contribution in [1.82, 2.24) is 5.32 Å². The van der Waals surface area contributed by atoms with Gasteiger partial charge in [-0.1, -0.05) is 17.7 Å². The zero-order chi connectivity index (χ0) is 13.7. The standard InChI is InChI=1S/C14H15BrClNOS/c1-10-2-3-13(16)14(6-10)18-5-4-17-8-12-7-11(15)9-19-12/h2-3,6-7,9,17H,4-5,8H2,1H3. The van der Waals surface area contributed by atoms with E-state index in [4.69, 9.17) is 16.3 Å². The van der Waals surface area contributed by atoms with Crippen molar-refractivity contribution >= 4 is 38.9 Å². The second-order valence-electron chi connectivity index (χ2n) is 4.19. The van der Waals surface area contributed by atoms with E-state index in [2.05, 4.69) is 32.7 Å². The van der Waals surface area contributed by atoms with E-state index in [0.29, 0.717) is 11.6 Å². The molecule has 0 fully saturated rings. The third kappa shape index (κ3) is 4.80. The Kier molecular flexibility index (Phi) is 5.70. The van der Waals surface area contributed by atoms with Crippen LogP contribution in [0.1, 0.15) is 10.4 Å². The van der Waals surface area contributed by atoms with Crippen molar-refractivity contribution in [3.05, 3.63) is 49.6 Å². The zero-order valence-corrected chi connectivity index (χ0v) is 13.7. The lowest BCUT2D eigenvalue weighted by Crippen LogP contribution is -2.20. The summed E-state index contributed by atoms with van der Waals surface area (Å²) in [5, 5.41) is 6.08. The number of rotatable bonds is 6. The molecular weight excluding hydrogens is 346 g/mol. The monoisotopic (exact) mass is 359 g/mol. The van der Waals surface area contributed by atoms with Crippen LogP contribution in [0.5, 0.6) is 5.75 Å². The fraction of sp³-hybridized carbons (Fsp3) is 0.286. The first-order chi connectivity index (χ1) is 9.15. The number of nitrogens with one attached hydrogen (secondary N) is 1. The van der Waals surface area contributed by atoms with Crippen molar-refractivity contribution in [1.29, 1.82) is 0 Å². The summed E-state index contributed by atoms with van der Waals surface area (Å²) in [6.45, 7) is 4.28. The van der Waals surface area contributed by atoms with Gasteiger partial charge in [-0.05, 0) is 46.6 Å². The predicted molar refractivity (Wildman–Crippen MR) is 85.4 cm³/mol. The van der Waals surface area contributed by atoms with E-state index >= 15 is 0 Å². The highest BCUT2D eigenvalue weighted by molar-refractivity contribution is 9.10. The quantitative estimate of drug-likeness (QED) is 0.758. The summed E-state index contributed by atoms with van der Waals surface area (Å²) in [4.78, 5) is 1.31. The van der Waals surface area contributed by atoms with Crippen LogP contribution in [0, 0.1) is 6.92 Å². The zero-order valence-electron chi connectivity index (χ0n) is 10.6. The second-order valence-corrected chi connectivity index (χ2v) is 6.51. The maximum absolute atomic E-state index is 6.06. The molecule has 2 nitrogen and oxygen atoms in total. The average Bonchev–Trinajstić information content (AvgIpc) is 2.79. The molecule has 2 rings (SSSR count). The van der Waals surface area contributed by atoms with Gasteiger partial charge in [0.05, 0.1) is 5.02 Å². The molecule has 0 spiro atoms. The molecule has 0 saturated carbocycles. The summed E-state index contributed by atoms with van der Waals surface area (Å²) in [5.41, 5.74) is 1.15. The minimum atomic E-state index is 0.607. The molecule has 0 amide bonds. The maximum atomic E-state index is 6.06. The number of benzene rings is 1. The molecule has 0 bridgehead atoms. The Hall–Kier alpha value is -0.550. The molecule has 0 saturated heterocycles. The lowest BCUT2D eigenvalue weighted by atomic mass is 10.2. The molecule has 1 aromatic heterocycles. The van der Waals surface area contributed by atoms with Crippen molar-refractivity contribution in [2.75, 3.05) is 13.2 Å². The molecule has 0 atom stereocenters. The van der Waals surface area contributed by atoms with Gasteiger partial charge in [-0.15, -0.1) is 11.3 Å². The van der Waals surface area contributed by atoms with Crippen LogP contribution >= 0.6 is 38.9 Å². The molecule has 1 heterocycles. The smallest absolute Gasteiger partial charge is 0.138 e. The first-order valence-corrected chi connectivity index (χ1v) is 8.03. The molecule has 0 unspecified atom stereocenters. The van der Waals surface area contributed by atoms with Gasteiger partial charge in [-0.3, -0.25) is 0 Å². The highest BCUT2D eigenvalue weighted by Gasteiger charge is 2.01. The van der Waals surface area contributed by atoms with Gasteiger partial charge >= 0.3 is 0 Å². The topological polar surface area (TPSA) is 21.3 Å². The first kappa shape index (κ1) is 14.9. The van der Waals surface area contributed by atoms with E-state index in [0.717, 1.165) is 28.9 Å². The van der Waals surface area contributed by atoms with Crippen LogP contribution in [-0.4, -0.2) is 13.2 Å². The maximum Gasteiger partial charge on any atom is 0.138 e. The lowest BCUT2D eigenvalue weighted by Gasteiger charge is -2.09. The SMILES string of the molecule is Cc1ccc(Cl)c(OCCNCc2cc(Br)cs2)c1. The second kappa shape index (κ2) is 7.29. The van der Waals surface area contributed by atoms with Crippen LogP contribution in [0.15, 0.2) is 34.1 Å². The van der Waals surface area contributed by atoms with Gasteiger partial charge in [0, 0.05) is 27.8 Å². The first-order valence-electron chi connectivity index (χ1n) is 5.98. The van der Waals surface area contributed by atoms with E-state index in [1.54, 1.807) is 11.3 Å². The van der Waals surface area contributed by atoms with E-state index in [1.807, 2.05) is 25.1 Å². The summed E-state index contributed by atoms with van der Waals surface area (Å²) in [6.07, 6.45) is 0. The number of ether oxygens (including phenoxy) is 1. The Bertz CT molecular complexity index is 544. The third-order valence-corrected chi connectivity index (χ3v) is 4.55. The molecule has 1 N–H and O–H groups in total. The van der Waals surface area contributed by atoms with Crippen LogP contribution < -0.4 is 10.1 Å². The molecule has 5 heteroatoms. The lowest BCUT2D eigenvalue weighted by molar-refractivity contribution is 0.314. The van der Waals surface area contributed by atoms with Gasteiger partial charge < -0.3 is 10.1 Å². The highest BCUT2D eigenvalue weighted by Crippen LogP contribution is 2.25. The van der Waals surface area contributed by atoms with E-state index in [1.165, 1.54) is 4.88 Å². The largest absolute Gasteiger partial charge is 0.491 e. The molecular formula is C14H15BrClNOS. The Labute approximate surface area is 130 Å². The third-order valence-electron chi connectivity index (χ3n) is 2.54. The van der Waals surface area contributed by atoms with Crippen LogP contribution in [-0.2, 0) is 6.54 Å². The van der Waals surface area contributed by atoms with Crippen molar-refractivity contribution in [2.45, 2.75) is 13.5 Å². The Morgan fingerprint density at radius 1 is 1.37 bits per heavy atom. The van der Waals surface area contributed by atoms with Gasteiger partial charge in [0.15, 0.2) is 0 Å². The normalized spacial score (nSPS) is 10.7. The van der Waals surface area contributed by atoms with Gasteiger partial charge in [0.1, 0.15) is 12.4 Å². The van der Waals surface area contributed by atoms with Crippen LogP contribution in [0.4, 0.5) is 0 Å². The van der Waals surface area contributed by atoms with Crippen molar-refractivity contribution in [2.24, 2.45) is 0 Å². The minimum Gasteiger partial charge on any atom is -0.491 e. The molecule has 0 aliphatic rings. The number of halogens is 2. The van der Waals surface area contributed by atoms with E-state index in [9.17, 15) is 0 Å². The summed E-state index contributed by atoms with van der Waals surface area (Å²) in [6, 6.07) is 7.92. The Morgan fingerprint density at radius 2 is 2.21 bits per heavy atom. The summed E-state index contributed by atoms with van der Waals surface area (Å²) in [7, 11) is 0. The van der Waals surface area contributed by atoms with E-state index < -0.39 is 0 Å². The molecule has 0 aliphatic carbocycles. The van der Waals surface area contributed by atoms with Crippen molar-refractivity contribution in [3.8, 4) is 5.75 Å².